The number of H-pyrrole nitrogens is 2. The number of imidazole rings is 1. The highest BCUT2D eigenvalue weighted by Crippen LogP contribution is 2.16. The second kappa shape index (κ2) is 7.56. The van der Waals surface area contributed by atoms with Gasteiger partial charge in [-0.1, -0.05) is 6.92 Å². The van der Waals surface area contributed by atoms with Crippen LogP contribution in [0.2, 0.25) is 0 Å². The Labute approximate surface area is 152 Å². The van der Waals surface area contributed by atoms with Gasteiger partial charge < -0.3 is 10.3 Å². The number of pyridine rings is 1. The Morgan fingerprint density at radius 3 is 2.81 bits per heavy atom. The number of anilines is 1. The molecule has 1 amide bonds. The average Bonchev–Trinajstić information content (AvgIpc) is 3.05. The number of rotatable bonds is 6. The molecule has 0 unspecified atom stereocenters. The van der Waals surface area contributed by atoms with Crippen molar-refractivity contribution in [3.8, 4) is 0 Å². The number of nitrogens with zero attached hydrogens (tertiary/aromatic N) is 3. The van der Waals surface area contributed by atoms with E-state index in [1.807, 2.05) is 13.0 Å². The zero-order chi connectivity index (χ0) is 18.7. The largest absolute Gasteiger partial charge is 0.336 e. The molecule has 9 nitrogen and oxygen atoms in total. The molecule has 0 spiro atoms. The lowest BCUT2D eigenvalue weighted by molar-refractivity contribution is -0.116. The van der Waals surface area contributed by atoms with Gasteiger partial charge >= 0.3 is 5.69 Å². The standard InChI is InChI=1S/C16H18N6O3S/c1-3-26-12-7-4-9(8-17-12)18-11(23)6-5-10-19-13-14(20-10)22(2)16(25)21-15(13)24/h4,7-8H,3,5-6H2,1-2H3,(H,18,23)(H,19,20)(H,21,24,25). The molecule has 3 aromatic rings. The molecule has 26 heavy (non-hydrogen) atoms. The molecule has 0 aliphatic rings. The van der Waals surface area contributed by atoms with Gasteiger partial charge in [0.25, 0.3) is 5.56 Å². The van der Waals surface area contributed by atoms with E-state index in [1.165, 1.54) is 11.6 Å². The first-order valence-corrected chi connectivity index (χ1v) is 9.03. The minimum atomic E-state index is -0.532. The zero-order valence-electron chi connectivity index (χ0n) is 14.3. The highest BCUT2D eigenvalue weighted by Gasteiger charge is 2.12. The van der Waals surface area contributed by atoms with Gasteiger partial charge in [0.2, 0.25) is 5.91 Å². The van der Waals surface area contributed by atoms with Crippen molar-refractivity contribution in [2.45, 2.75) is 24.8 Å². The second-order valence-corrected chi connectivity index (χ2v) is 6.85. The minimum absolute atomic E-state index is 0.178. The molecule has 0 aromatic carbocycles. The van der Waals surface area contributed by atoms with Gasteiger partial charge in [-0.2, -0.15) is 0 Å². The number of aryl methyl sites for hydroxylation is 2. The number of thioether (sulfide) groups is 1. The third-order valence-electron chi connectivity index (χ3n) is 3.70. The second-order valence-electron chi connectivity index (χ2n) is 5.57. The van der Waals surface area contributed by atoms with Gasteiger partial charge in [-0.05, 0) is 17.9 Å². The van der Waals surface area contributed by atoms with Crippen molar-refractivity contribution >= 4 is 34.5 Å². The van der Waals surface area contributed by atoms with Crippen LogP contribution in [0.4, 0.5) is 5.69 Å². The average molecular weight is 374 g/mol. The summed E-state index contributed by atoms with van der Waals surface area (Å²) in [6.45, 7) is 2.05. The van der Waals surface area contributed by atoms with Crippen LogP contribution in [0.1, 0.15) is 19.2 Å². The highest BCUT2D eigenvalue weighted by atomic mass is 32.2. The lowest BCUT2D eigenvalue weighted by atomic mass is 10.3. The Hall–Kier alpha value is -2.88. The summed E-state index contributed by atoms with van der Waals surface area (Å²) in [6.07, 6.45) is 2.11. The van der Waals surface area contributed by atoms with E-state index in [-0.39, 0.29) is 23.5 Å². The van der Waals surface area contributed by atoms with Crippen LogP contribution in [-0.4, -0.2) is 36.2 Å². The Morgan fingerprint density at radius 1 is 1.31 bits per heavy atom. The number of hydrogen-bond donors (Lipinski definition) is 3. The van der Waals surface area contributed by atoms with E-state index in [4.69, 9.17) is 0 Å². The third kappa shape index (κ3) is 3.85. The van der Waals surface area contributed by atoms with Crippen LogP contribution in [-0.2, 0) is 18.3 Å². The van der Waals surface area contributed by atoms with Gasteiger partial charge in [0, 0.05) is 19.9 Å². The number of carbonyl (C=O) groups is 1. The molecule has 0 fully saturated rings. The monoisotopic (exact) mass is 374 g/mol. The molecule has 3 N–H and O–H groups in total. The van der Waals surface area contributed by atoms with E-state index < -0.39 is 11.2 Å². The topological polar surface area (TPSA) is 126 Å². The molecule has 0 bridgehead atoms. The first-order chi connectivity index (χ1) is 12.5. The third-order valence-corrected chi connectivity index (χ3v) is 4.53. The Morgan fingerprint density at radius 2 is 2.12 bits per heavy atom. The predicted molar refractivity (Wildman–Crippen MR) is 99.5 cm³/mol. The molecule has 136 valence electrons. The van der Waals surface area contributed by atoms with E-state index in [0.717, 1.165) is 10.8 Å². The van der Waals surface area contributed by atoms with Crippen molar-refractivity contribution in [1.29, 1.82) is 0 Å². The maximum Gasteiger partial charge on any atom is 0.329 e. The molecule has 3 aromatic heterocycles. The first kappa shape index (κ1) is 17.9. The van der Waals surface area contributed by atoms with E-state index in [0.29, 0.717) is 17.9 Å². The Kier molecular flexibility index (Phi) is 5.21. The maximum atomic E-state index is 12.1. The molecular weight excluding hydrogens is 356 g/mol. The molecular formula is C16H18N6O3S. The highest BCUT2D eigenvalue weighted by molar-refractivity contribution is 7.99. The lowest BCUT2D eigenvalue weighted by Gasteiger charge is -2.05. The van der Waals surface area contributed by atoms with Gasteiger partial charge in [-0.3, -0.25) is 19.1 Å². The summed E-state index contributed by atoms with van der Waals surface area (Å²) in [5, 5.41) is 3.68. The van der Waals surface area contributed by atoms with Crippen LogP contribution in [0.25, 0.3) is 11.2 Å². The molecule has 3 rings (SSSR count). The van der Waals surface area contributed by atoms with Crippen LogP contribution in [0.3, 0.4) is 0 Å². The van der Waals surface area contributed by atoms with Gasteiger partial charge in [0.05, 0.1) is 16.9 Å². The molecule has 0 atom stereocenters. The SMILES string of the molecule is CCSc1ccc(NC(=O)CCc2nc3c([nH]2)c(=O)[nH]c(=O)n3C)cn1. The molecule has 0 aliphatic heterocycles. The van der Waals surface area contributed by atoms with Crippen LogP contribution >= 0.6 is 11.8 Å². The van der Waals surface area contributed by atoms with Gasteiger partial charge in [-0.25, -0.2) is 14.8 Å². The van der Waals surface area contributed by atoms with Crippen molar-refractivity contribution < 1.29 is 4.79 Å². The molecule has 10 heteroatoms. The van der Waals surface area contributed by atoms with Crippen LogP contribution in [0.5, 0.6) is 0 Å². The fourth-order valence-electron chi connectivity index (χ4n) is 2.41. The number of aromatic nitrogens is 5. The fraction of sp³-hybridized carbons (Fsp3) is 0.312. The van der Waals surface area contributed by atoms with Crippen LogP contribution in [0.15, 0.2) is 32.9 Å². The number of hydrogen-bond acceptors (Lipinski definition) is 6. The number of aromatic amines is 2. The summed E-state index contributed by atoms with van der Waals surface area (Å²) in [5.74, 6) is 1.21. The van der Waals surface area contributed by atoms with Crippen LogP contribution < -0.4 is 16.6 Å². The van der Waals surface area contributed by atoms with Crippen molar-refractivity contribution in [3.05, 3.63) is 45.0 Å². The number of nitrogens with one attached hydrogen (secondary N) is 3. The smallest absolute Gasteiger partial charge is 0.329 e. The molecule has 0 saturated carbocycles. The first-order valence-electron chi connectivity index (χ1n) is 8.04. The number of fused-ring (bicyclic) bond motifs is 1. The molecule has 3 heterocycles. The minimum Gasteiger partial charge on any atom is -0.336 e. The maximum absolute atomic E-state index is 12.1. The Bertz CT molecular complexity index is 1050. The fourth-order valence-corrected chi connectivity index (χ4v) is 3.00. The van der Waals surface area contributed by atoms with Gasteiger partial charge in [0.1, 0.15) is 11.3 Å². The number of amides is 1. The summed E-state index contributed by atoms with van der Waals surface area (Å²) >= 11 is 1.63. The van der Waals surface area contributed by atoms with E-state index in [9.17, 15) is 14.4 Å². The normalized spacial score (nSPS) is 11.0. The molecule has 0 radical (unpaired) electrons. The van der Waals surface area contributed by atoms with Gasteiger partial charge in [0.15, 0.2) is 5.65 Å². The van der Waals surface area contributed by atoms with Gasteiger partial charge in [-0.15, -0.1) is 11.8 Å². The lowest BCUT2D eigenvalue weighted by Crippen LogP contribution is -2.28. The molecule has 0 saturated heterocycles. The van der Waals surface area contributed by atoms with E-state index in [2.05, 4.69) is 25.3 Å². The summed E-state index contributed by atoms with van der Waals surface area (Å²) < 4.78 is 1.25. The summed E-state index contributed by atoms with van der Waals surface area (Å²) in [4.78, 5) is 49.0. The van der Waals surface area contributed by atoms with Crippen molar-refractivity contribution in [1.82, 2.24) is 24.5 Å². The van der Waals surface area contributed by atoms with Crippen molar-refractivity contribution in [2.75, 3.05) is 11.1 Å². The summed E-state index contributed by atoms with van der Waals surface area (Å²) in [7, 11) is 1.52. The molecule has 0 aliphatic carbocycles. The van der Waals surface area contributed by atoms with Crippen LogP contribution in [0, 0.1) is 0 Å². The zero-order valence-corrected chi connectivity index (χ0v) is 15.1. The summed E-state index contributed by atoms with van der Waals surface area (Å²) in [6, 6.07) is 3.66. The number of carbonyl (C=O) groups excluding carboxylic acids is 1. The van der Waals surface area contributed by atoms with E-state index >= 15 is 0 Å². The predicted octanol–water partition coefficient (Wildman–Crippen LogP) is 1.03. The van der Waals surface area contributed by atoms with E-state index in [1.54, 1.807) is 24.0 Å². The quantitative estimate of drug-likeness (QED) is 0.553. The summed E-state index contributed by atoms with van der Waals surface area (Å²) in [5.41, 5.74) is 0.0508. The van der Waals surface area contributed by atoms with Crippen molar-refractivity contribution in [2.24, 2.45) is 7.05 Å². The Balaban J connectivity index is 1.65. The van der Waals surface area contributed by atoms with Crippen molar-refractivity contribution in [3.63, 3.8) is 0 Å².